The third-order valence-electron chi connectivity index (χ3n) is 3.79. The van der Waals surface area contributed by atoms with Crippen molar-refractivity contribution in [3.63, 3.8) is 0 Å². The zero-order chi connectivity index (χ0) is 20.6. The van der Waals surface area contributed by atoms with Crippen molar-refractivity contribution in [3.05, 3.63) is 24.1 Å². The SMILES string of the molecule is C=C/S(=C\C=C/C)C(C)CN1CCC(NC=O)C1.CC.COC(C)(C)C. The number of likely N-dealkylation sites (tertiary alicyclic amines) is 1. The largest absolute Gasteiger partial charge is 0.379 e. The molecule has 1 saturated heterocycles. The summed E-state index contributed by atoms with van der Waals surface area (Å²) in [6.07, 6.45) is 6.02. The van der Waals surface area contributed by atoms with Crippen LogP contribution in [-0.4, -0.2) is 60.3 Å². The van der Waals surface area contributed by atoms with Crippen molar-refractivity contribution in [2.75, 3.05) is 26.7 Å². The normalized spacial score (nSPS) is 19.8. The number of amides is 1. The van der Waals surface area contributed by atoms with Gasteiger partial charge in [0, 0.05) is 38.0 Å². The monoisotopic (exact) mass is 386 g/mol. The summed E-state index contributed by atoms with van der Waals surface area (Å²) in [7, 11) is 1.84. The maximum absolute atomic E-state index is 10.4. The quantitative estimate of drug-likeness (QED) is 0.399. The summed E-state index contributed by atoms with van der Waals surface area (Å²) in [5.41, 5.74) is 0.0417. The molecule has 4 nitrogen and oxygen atoms in total. The summed E-state index contributed by atoms with van der Waals surface area (Å²) >= 11 is 0. The van der Waals surface area contributed by atoms with E-state index in [1.807, 2.05) is 47.0 Å². The van der Waals surface area contributed by atoms with Crippen LogP contribution in [0.15, 0.2) is 24.1 Å². The van der Waals surface area contributed by atoms with E-state index in [9.17, 15) is 4.79 Å². The maximum atomic E-state index is 10.4. The smallest absolute Gasteiger partial charge is 0.207 e. The Morgan fingerprint density at radius 3 is 2.38 bits per heavy atom. The van der Waals surface area contributed by atoms with E-state index in [2.05, 4.69) is 41.2 Å². The van der Waals surface area contributed by atoms with Crippen LogP contribution < -0.4 is 5.32 Å². The van der Waals surface area contributed by atoms with Gasteiger partial charge in [0.05, 0.1) is 5.60 Å². The summed E-state index contributed by atoms with van der Waals surface area (Å²) < 4.78 is 4.94. The molecule has 3 unspecified atom stereocenters. The molecule has 1 aliphatic heterocycles. The van der Waals surface area contributed by atoms with Crippen LogP contribution in [0.4, 0.5) is 0 Å². The van der Waals surface area contributed by atoms with Crippen LogP contribution in [0.1, 0.15) is 54.9 Å². The number of allylic oxidation sites excluding steroid dienone is 2. The fourth-order valence-corrected chi connectivity index (χ4v) is 3.63. The van der Waals surface area contributed by atoms with Gasteiger partial charge < -0.3 is 15.0 Å². The van der Waals surface area contributed by atoms with E-state index in [0.29, 0.717) is 11.3 Å². The van der Waals surface area contributed by atoms with Crippen LogP contribution in [0.2, 0.25) is 0 Å². The van der Waals surface area contributed by atoms with E-state index < -0.39 is 0 Å². The molecular weight excluding hydrogens is 344 g/mol. The zero-order valence-corrected chi connectivity index (χ0v) is 19.1. The van der Waals surface area contributed by atoms with E-state index in [1.54, 1.807) is 7.11 Å². The molecule has 0 aromatic rings. The predicted molar refractivity (Wildman–Crippen MR) is 120 cm³/mol. The molecule has 5 heteroatoms. The summed E-state index contributed by atoms with van der Waals surface area (Å²) in [4.78, 5) is 12.8. The zero-order valence-electron chi connectivity index (χ0n) is 18.2. The molecule has 1 rings (SSSR count). The Bertz CT molecular complexity index is 428. The molecule has 1 amide bonds. The molecule has 1 heterocycles. The lowest BCUT2D eigenvalue weighted by molar-refractivity contribution is -0.110. The summed E-state index contributed by atoms with van der Waals surface area (Å²) in [5, 5.41) is 7.72. The van der Waals surface area contributed by atoms with Gasteiger partial charge in [-0.25, -0.2) is 0 Å². The topological polar surface area (TPSA) is 41.6 Å². The molecule has 0 aliphatic carbocycles. The predicted octanol–water partition coefficient (Wildman–Crippen LogP) is 4.44. The van der Waals surface area contributed by atoms with Crippen molar-refractivity contribution in [3.8, 4) is 0 Å². The minimum Gasteiger partial charge on any atom is -0.379 e. The molecule has 0 saturated carbocycles. The summed E-state index contributed by atoms with van der Waals surface area (Å²) in [6.45, 7) is 21.4. The number of nitrogens with one attached hydrogen (secondary N) is 1. The molecular formula is C21H42N2O2S. The second-order valence-electron chi connectivity index (χ2n) is 6.89. The molecule has 0 spiro atoms. The highest BCUT2D eigenvalue weighted by Gasteiger charge is 2.23. The van der Waals surface area contributed by atoms with Crippen LogP contribution in [0.25, 0.3) is 0 Å². The van der Waals surface area contributed by atoms with Crippen molar-refractivity contribution in [2.45, 2.75) is 71.8 Å². The van der Waals surface area contributed by atoms with Crippen molar-refractivity contribution in [2.24, 2.45) is 0 Å². The second kappa shape index (κ2) is 16.3. The number of methoxy groups -OCH3 is 1. The van der Waals surface area contributed by atoms with Gasteiger partial charge in [-0.2, -0.15) is 10.5 Å². The van der Waals surface area contributed by atoms with Gasteiger partial charge >= 0.3 is 0 Å². The number of carbonyl (C=O) groups is 1. The molecule has 1 fully saturated rings. The minimum absolute atomic E-state index is 0.0417. The van der Waals surface area contributed by atoms with Gasteiger partial charge in [-0.1, -0.05) is 39.5 Å². The summed E-state index contributed by atoms with van der Waals surface area (Å²) in [6, 6.07) is 0.333. The first kappa shape index (κ1) is 27.3. The summed E-state index contributed by atoms with van der Waals surface area (Å²) in [5.74, 6) is 0. The average molecular weight is 387 g/mol. The molecule has 0 bridgehead atoms. The van der Waals surface area contributed by atoms with Crippen molar-refractivity contribution >= 4 is 22.3 Å². The number of carbonyl (C=O) groups excluding carboxylic acids is 1. The van der Waals surface area contributed by atoms with Crippen molar-refractivity contribution < 1.29 is 9.53 Å². The highest BCUT2D eigenvalue weighted by Crippen LogP contribution is 2.23. The molecule has 0 aromatic carbocycles. The number of hydrogen-bond acceptors (Lipinski definition) is 3. The standard InChI is InChI=1S/C14H24N2OS.C5H12O.C2H6/c1-4-6-9-18(5-2)13(3)10-16-8-7-14(11-16)15-12-17;1-5(2,3)6-4;1-2/h4-6,9,12-14H,2,7-8,10-11H2,1,3H3,(H,15,17);1-4H3;1-2H3/b6-4-;;. The van der Waals surface area contributed by atoms with Gasteiger partial charge in [-0.15, -0.1) is 0 Å². The van der Waals surface area contributed by atoms with Gasteiger partial charge in [0.25, 0.3) is 0 Å². The molecule has 1 aliphatic rings. The van der Waals surface area contributed by atoms with Crippen molar-refractivity contribution in [1.82, 2.24) is 10.2 Å². The third-order valence-corrected chi connectivity index (χ3v) is 5.72. The van der Waals surface area contributed by atoms with Crippen LogP contribution >= 0.6 is 10.5 Å². The van der Waals surface area contributed by atoms with Crippen LogP contribution in [0.3, 0.4) is 0 Å². The van der Waals surface area contributed by atoms with Gasteiger partial charge in [0.2, 0.25) is 6.41 Å². The fourth-order valence-electron chi connectivity index (χ4n) is 2.20. The minimum atomic E-state index is 0.0417. The number of hydrogen-bond donors (Lipinski definition) is 1. The Kier molecular flexibility index (Phi) is 17.1. The molecule has 26 heavy (non-hydrogen) atoms. The van der Waals surface area contributed by atoms with Crippen LogP contribution in [0.5, 0.6) is 0 Å². The molecule has 154 valence electrons. The highest BCUT2D eigenvalue weighted by atomic mass is 32.2. The van der Waals surface area contributed by atoms with E-state index in [1.165, 1.54) is 0 Å². The number of nitrogens with zero attached hydrogens (tertiary/aromatic N) is 1. The molecule has 1 N–H and O–H groups in total. The average Bonchev–Trinajstić information content (AvgIpc) is 3.04. The Labute approximate surface area is 165 Å². The molecule has 0 radical (unpaired) electrons. The fraction of sp³-hybridized carbons (Fsp3) is 0.714. The van der Waals surface area contributed by atoms with Gasteiger partial charge in [0.1, 0.15) is 0 Å². The maximum Gasteiger partial charge on any atom is 0.207 e. The number of ether oxygens (including phenoxy) is 1. The first-order chi connectivity index (χ1) is 12.3. The first-order valence-corrected chi connectivity index (χ1v) is 10.9. The highest BCUT2D eigenvalue weighted by molar-refractivity contribution is 8.18. The lowest BCUT2D eigenvalue weighted by Crippen LogP contribution is -2.34. The lowest BCUT2D eigenvalue weighted by atomic mass is 10.2. The van der Waals surface area contributed by atoms with Crippen molar-refractivity contribution in [1.29, 1.82) is 0 Å². The second-order valence-corrected chi connectivity index (χ2v) is 9.12. The van der Waals surface area contributed by atoms with E-state index >= 15 is 0 Å². The Hall–Kier alpha value is -0.910. The number of rotatable bonds is 7. The van der Waals surface area contributed by atoms with E-state index in [4.69, 9.17) is 4.74 Å². The van der Waals surface area contributed by atoms with Gasteiger partial charge in [-0.05, 0) is 44.9 Å². The van der Waals surface area contributed by atoms with E-state index in [0.717, 1.165) is 32.5 Å². The van der Waals surface area contributed by atoms with Crippen LogP contribution in [0, 0.1) is 0 Å². The molecule has 0 aromatic heterocycles. The Morgan fingerprint density at radius 1 is 1.38 bits per heavy atom. The Balaban J connectivity index is 0. The molecule has 3 atom stereocenters. The first-order valence-electron chi connectivity index (χ1n) is 9.54. The van der Waals surface area contributed by atoms with E-state index in [-0.39, 0.29) is 16.1 Å². The van der Waals surface area contributed by atoms with Gasteiger partial charge in [-0.3, -0.25) is 4.79 Å². The Morgan fingerprint density at radius 2 is 1.96 bits per heavy atom. The lowest BCUT2D eigenvalue weighted by Gasteiger charge is -2.22. The van der Waals surface area contributed by atoms with Crippen LogP contribution in [-0.2, 0) is 9.53 Å². The van der Waals surface area contributed by atoms with Gasteiger partial charge in [0.15, 0.2) is 0 Å². The third kappa shape index (κ3) is 14.3.